The van der Waals surface area contributed by atoms with E-state index in [4.69, 9.17) is 0 Å². The van der Waals surface area contributed by atoms with Crippen molar-refractivity contribution in [1.82, 2.24) is 4.90 Å². The molecule has 2 aliphatic carbocycles. The van der Waals surface area contributed by atoms with Crippen LogP contribution >= 0.6 is 11.8 Å². The van der Waals surface area contributed by atoms with Gasteiger partial charge in [0.2, 0.25) is 0 Å². The van der Waals surface area contributed by atoms with Crippen molar-refractivity contribution in [3.63, 3.8) is 0 Å². The molecule has 0 amide bonds. The molecule has 2 unspecified atom stereocenters. The Morgan fingerprint density at radius 1 is 0.950 bits per heavy atom. The zero-order valence-corrected chi connectivity index (χ0v) is 13.2. The van der Waals surface area contributed by atoms with E-state index in [1.54, 1.807) is 0 Å². The van der Waals surface area contributed by atoms with Crippen LogP contribution in [0.2, 0.25) is 0 Å². The molecule has 1 saturated carbocycles. The van der Waals surface area contributed by atoms with Crippen molar-refractivity contribution >= 4 is 11.8 Å². The third-order valence-electron chi connectivity index (χ3n) is 4.70. The second-order valence-electron chi connectivity index (χ2n) is 6.10. The van der Waals surface area contributed by atoms with Crippen molar-refractivity contribution in [3.05, 3.63) is 47.1 Å². The first-order valence-corrected chi connectivity index (χ1v) is 8.87. The molecule has 1 fully saturated rings. The van der Waals surface area contributed by atoms with E-state index in [0.717, 1.165) is 5.25 Å². The van der Waals surface area contributed by atoms with Crippen molar-refractivity contribution in [1.29, 1.82) is 0 Å². The van der Waals surface area contributed by atoms with Gasteiger partial charge in [0.1, 0.15) is 0 Å². The predicted octanol–water partition coefficient (Wildman–Crippen LogP) is 5.04. The number of fused-ring (bicyclic) bond motifs is 4. The molecule has 3 aliphatic rings. The van der Waals surface area contributed by atoms with Crippen LogP contribution in [-0.4, -0.2) is 23.2 Å². The first-order chi connectivity index (χ1) is 9.83. The summed E-state index contributed by atoms with van der Waals surface area (Å²) >= 11 is 2.10. The van der Waals surface area contributed by atoms with Crippen molar-refractivity contribution < 1.29 is 0 Å². The van der Waals surface area contributed by atoms with Crippen LogP contribution in [0, 0.1) is 0 Å². The van der Waals surface area contributed by atoms with Crippen molar-refractivity contribution in [2.45, 2.75) is 56.2 Å². The molecule has 2 atom stereocenters. The Hall–Kier alpha value is -0.890. The van der Waals surface area contributed by atoms with Crippen LogP contribution in [0.1, 0.15) is 44.9 Å². The topological polar surface area (TPSA) is 3.24 Å². The van der Waals surface area contributed by atoms with Crippen LogP contribution in [0.4, 0.5) is 0 Å². The van der Waals surface area contributed by atoms with Gasteiger partial charge in [-0.3, -0.25) is 0 Å². The van der Waals surface area contributed by atoms with E-state index in [2.05, 4.69) is 60.2 Å². The van der Waals surface area contributed by atoms with E-state index in [1.165, 1.54) is 55.5 Å². The van der Waals surface area contributed by atoms with Gasteiger partial charge in [-0.15, -0.1) is 11.8 Å². The quantitative estimate of drug-likeness (QED) is 0.614. The van der Waals surface area contributed by atoms with Gasteiger partial charge in [0.15, 0.2) is 0 Å². The average molecular weight is 287 g/mol. The number of nitrogens with zero attached hydrogens (tertiary/aromatic N) is 1. The monoisotopic (exact) mass is 287 g/mol. The largest absolute Gasteiger partial charge is 0.372 e. The highest BCUT2D eigenvalue weighted by Crippen LogP contribution is 2.35. The molecule has 0 spiro atoms. The van der Waals surface area contributed by atoms with Crippen LogP contribution in [-0.2, 0) is 0 Å². The third-order valence-corrected chi connectivity index (χ3v) is 6.05. The number of hydrogen-bond donors (Lipinski definition) is 0. The van der Waals surface area contributed by atoms with Gasteiger partial charge in [-0.2, -0.15) is 0 Å². The fraction of sp³-hybridized carbons (Fsp3) is 0.556. The Morgan fingerprint density at radius 2 is 1.80 bits per heavy atom. The summed E-state index contributed by atoms with van der Waals surface area (Å²) in [4.78, 5) is 3.94. The molecule has 20 heavy (non-hydrogen) atoms. The third kappa shape index (κ3) is 3.41. The summed E-state index contributed by atoms with van der Waals surface area (Å²) in [5, 5.41) is 0.804. The molecule has 0 aromatic carbocycles. The van der Waals surface area contributed by atoms with Gasteiger partial charge in [0, 0.05) is 28.9 Å². The van der Waals surface area contributed by atoms with E-state index in [9.17, 15) is 0 Å². The maximum Gasteiger partial charge on any atom is 0.0366 e. The minimum Gasteiger partial charge on any atom is -0.372 e. The van der Waals surface area contributed by atoms with Crippen LogP contribution in [0.25, 0.3) is 0 Å². The number of allylic oxidation sites excluding steroid dienone is 6. The smallest absolute Gasteiger partial charge is 0.0366 e. The maximum absolute atomic E-state index is 2.52. The molecule has 1 heterocycles. The van der Waals surface area contributed by atoms with E-state index in [-0.39, 0.29) is 0 Å². The van der Waals surface area contributed by atoms with Gasteiger partial charge in [-0.05, 0) is 50.0 Å². The molecule has 0 aromatic heterocycles. The Balaban J connectivity index is 1.95. The molecule has 4 bridgehead atoms. The lowest BCUT2D eigenvalue weighted by Gasteiger charge is -2.32. The fourth-order valence-corrected chi connectivity index (χ4v) is 4.63. The lowest BCUT2D eigenvalue weighted by atomic mass is 10.0. The van der Waals surface area contributed by atoms with E-state index >= 15 is 0 Å². The highest BCUT2D eigenvalue weighted by Gasteiger charge is 2.22. The summed E-state index contributed by atoms with van der Waals surface area (Å²) < 4.78 is 0. The highest BCUT2D eigenvalue weighted by molar-refractivity contribution is 8.03. The van der Waals surface area contributed by atoms with Crippen molar-refractivity contribution in [2.24, 2.45) is 0 Å². The highest BCUT2D eigenvalue weighted by atomic mass is 32.2. The summed E-state index contributed by atoms with van der Waals surface area (Å²) in [7, 11) is 2.28. The molecule has 0 saturated heterocycles. The molecule has 0 radical (unpaired) electrons. The maximum atomic E-state index is 2.52. The van der Waals surface area contributed by atoms with Crippen LogP contribution in [0.5, 0.6) is 0 Å². The Kier molecular flexibility index (Phi) is 4.72. The fourth-order valence-electron chi connectivity index (χ4n) is 3.40. The zero-order chi connectivity index (χ0) is 13.8. The molecular formula is C18H25NS. The number of rotatable bonds is 0. The van der Waals surface area contributed by atoms with Gasteiger partial charge in [0.25, 0.3) is 0 Å². The summed E-state index contributed by atoms with van der Waals surface area (Å²) in [6.07, 6.45) is 23.1. The second-order valence-corrected chi connectivity index (χ2v) is 7.47. The van der Waals surface area contributed by atoms with E-state index in [1.807, 2.05) is 0 Å². The second kappa shape index (κ2) is 6.71. The Morgan fingerprint density at radius 3 is 2.75 bits per heavy atom. The minimum atomic E-state index is 0.713. The molecule has 1 aliphatic heterocycles. The summed E-state index contributed by atoms with van der Waals surface area (Å²) in [5.41, 5.74) is 1.36. The van der Waals surface area contributed by atoms with Crippen LogP contribution < -0.4 is 0 Å². The van der Waals surface area contributed by atoms with Gasteiger partial charge in [-0.1, -0.05) is 31.4 Å². The number of likely N-dealkylation sites (N-methyl/N-ethyl adjacent to an activating group) is 1. The number of thioether (sulfide) groups is 1. The van der Waals surface area contributed by atoms with Gasteiger partial charge >= 0.3 is 0 Å². The summed E-state index contributed by atoms with van der Waals surface area (Å²) in [5.74, 6) is 0. The Labute approximate surface area is 127 Å². The van der Waals surface area contributed by atoms with Gasteiger partial charge in [0.05, 0.1) is 0 Å². The first-order valence-electron chi connectivity index (χ1n) is 7.99. The summed E-state index contributed by atoms with van der Waals surface area (Å²) in [6.45, 7) is 0. The average Bonchev–Trinajstić information content (AvgIpc) is 2.53. The standard InChI is InChI=1S/C18H25NS/c1-19-15-7-3-2-4-9-17(13-11-15)20-18-10-6-5-8-16(19)12-14-18/h5-6,8,10,12,14-15,17H,2-4,7,9,11,13H2,1H3/b6-5?,8-5-,10-6+,14-12?,16-8?,16-12-,18-10?,18-14+. The number of hydrogen-bond acceptors (Lipinski definition) is 2. The first kappa shape index (κ1) is 14.1. The van der Waals surface area contributed by atoms with Crippen LogP contribution in [0.3, 0.4) is 0 Å². The molecule has 1 nitrogen and oxygen atoms in total. The van der Waals surface area contributed by atoms with Gasteiger partial charge < -0.3 is 4.90 Å². The molecule has 3 rings (SSSR count). The predicted molar refractivity (Wildman–Crippen MR) is 89.7 cm³/mol. The normalized spacial score (nSPS) is 39.1. The molecule has 2 heteroatoms. The Bertz CT molecular complexity index is 458. The van der Waals surface area contributed by atoms with Crippen LogP contribution in [0.15, 0.2) is 47.1 Å². The van der Waals surface area contributed by atoms with Crippen molar-refractivity contribution in [2.75, 3.05) is 7.05 Å². The van der Waals surface area contributed by atoms with Crippen molar-refractivity contribution in [3.8, 4) is 0 Å². The van der Waals surface area contributed by atoms with E-state index in [0.29, 0.717) is 6.04 Å². The summed E-state index contributed by atoms with van der Waals surface area (Å²) in [6, 6.07) is 0.713. The lowest BCUT2D eigenvalue weighted by Crippen LogP contribution is -2.31. The minimum absolute atomic E-state index is 0.713. The molecular weight excluding hydrogens is 262 g/mol. The van der Waals surface area contributed by atoms with E-state index < -0.39 is 0 Å². The molecule has 108 valence electrons. The van der Waals surface area contributed by atoms with Gasteiger partial charge in [-0.25, -0.2) is 0 Å². The zero-order valence-electron chi connectivity index (χ0n) is 12.4. The molecule has 0 N–H and O–H groups in total. The SMILES string of the molecule is CN1C2=C\C=C(/C=C/C=C\2)SC2CCCCCC1CC2. The molecule has 0 aromatic rings. The lowest BCUT2D eigenvalue weighted by molar-refractivity contribution is 0.272.